The van der Waals surface area contributed by atoms with Crippen molar-refractivity contribution in [2.75, 3.05) is 0 Å². The number of hydrogen-bond acceptors (Lipinski definition) is 4. The first-order valence-electron chi connectivity index (χ1n) is 10.2. The van der Waals surface area contributed by atoms with Crippen molar-refractivity contribution < 1.29 is 24.2 Å². The van der Waals surface area contributed by atoms with E-state index in [9.17, 15) is 19.5 Å². The monoisotopic (exact) mass is 422 g/mol. The second-order valence-electron chi connectivity index (χ2n) is 7.56. The molecule has 2 amide bonds. The van der Waals surface area contributed by atoms with Crippen LogP contribution in [0.4, 0.5) is 4.79 Å². The molecule has 7 nitrogen and oxygen atoms in total. The predicted molar refractivity (Wildman–Crippen MR) is 115 cm³/mol. The van der Waals surface area contributed by atoms with Crippen molar-refractivity contribution in [1.82, 2.24) is 10.6 Å². The highest BCUT2D eigenvalue weighted by atomic mass is 16.5. The summed E-state index contributed by atoms with van der Waals surface area (Å²) in [6.45, 7) is 1.86. The quantitative estimate of drug-likeness (QED) is 0.656. The molecular weight excluding hydrogens is 396 g/mol. The van der Waals surface area contributed by atoms with Crippen LogP contribution in [0.25, 0.3) is 0 Å². The summed E-state index contributed by atoms with van der Waals surface area (Å²) in [5.41, 5.74) is 2.48. The standard InChI is InChI=1S/C24H26N2O5/c1-16-7-5-12-20(26-24(30)31-15-17-8-3-2-4-9-17)19-11-6-10-18(13-19)14-21(23(28)29)25-22(16)27/h2-11,13,16,20-21H,12,14-15H2,1H3,(H,25,27)(H,26,30)(H,28,29)/t16?,20-,21?/m0/s1. The lowest BCUT2D eigenvalue weighted by Gasteiger charge is -2.21. The third-order valence-electron chi connectivity index (χ3n) is 5.12. The summed E-state index contributed by atoms with van der Waals surface area (Å²) in [6, 6.07) is 15.3. The fourth-order valence-corrected chi connectivity index (χ4v) is 3.37. The van der Waals surface area contributed by atoms with E-state index in [-0.39, 0.29) is 25.0 Å². The fourth-order valence-electron chi connectivity index (χ4n) is 3.37. The molecule has 1 aliphatic rings. The van der Waals surface area contributed by atoms with Crippen LogP contribution in [-0.2, 0) is 27.4 Å². The fraction of sp³-hybridized carbons (Fsp3) is 0.292. The molecule has 0 saturated heterocycles. The molecule has 0 spiro atoms. The third kappa shape index (κ3) is 6.44. The highest BCUT2D eigenvalue weighted by Crippen LogP contribution is 2.21. The molecule has 0 radical (unpaired) electrons. The van der Waals surface area contributed by atoms with Gasteiger partial charge in [0.15, 0.2) is 0 Å². The van der Waals surface area contributed by atoms with Crippen molar-refractivity contribution in [2.45, 2.75) is 38.5 Å². The molecule has 3 N–H and O–H groups in total. The van der Waals surface area contributed by atoms with Crippen molar-refractivity contribution in [2.24, 2.45) is 5.92 Å². The van der Waals surface area contributed by atoms with Gasteiger partial charge in [-0.25, -0.2) is 9.59 Å². The number of carbonyl (C=O) groups excluding carboxylic acids is 2. The van der Waals surface area contributed by atoms with Gasteiger partial charge in [0.05, 0.1) is 12.0 Å². The second-order valence-corrected chi connectivity index (χ2v) is 7.56. The summed E-state index contributed by atoms with van der Waals surface area (Å²) in [5, 5.41) is 15.0. The first-order chi connectivity index (χ1) is 14.9. The molecule has 0 saturated carbocycles. The van der Waals surface area contributed by atoms with E-state index >= 15 is 0 Å². The number of alkyl carbamates (subject to hydrolysis) is 1. The normalized spacial score (nSPS) is 21.2. The molecule has 0 aliphatic carbocycles. The van der Waals surface area contributed by atoms with E-state index in [0.29, 0.717) is 6.42 Å². The van der Waals surface area contributed by atoms with Crippen molar-refractivity contribution in [3.8, 4) is 0 Å². The SMILES string of the molecule is CC1C=CC[C@H](NC(=O)OCc2ccccc2)c2cccc(c2)CC(C(=O)O)NC1=O. The van der Waals surface area contributed by atoms with Gasteiger partial charge in [-0.05, 0) is 23.1 Å². The average Bonchev–Trinajstić information content (AvgIpc) is 2.76. The Morgan fingerprint density at radius 3 is 2.68 bits per heavy atom. The Kier molecular flexibility index (Phi) is 7.43. The number of carboxylic acid groups (broad SMARTS) is 1. The van der Waals surface area contributed by atoms with Crippen LogP contribution in [0.1, 0.15) is 36.1 Å². The van der Waals surface area contributed by atoms with E-state index in [4.69, 9.17) is 4.74 Å². The molecule has 0 aromatic heterocycles. The largest absolute Gasteiger partial charge is 0.480 e. The van der Waals surface area contributed by atoms with E-state index in [0.717, 1.165) is 16.7 Å². The van der Waals surface area contributed by atoms with Crippen molar-refractivity contribution in [3.05, 3.63) is 83.4 Å². The van der Waals surface area contributed by atoms with E-state index < -0.39 is 24.0 Å². The number of hydrogen-bond donors (Lipinski definition) is 3. The van der Waals surface area contributed by atoms with Gasteiger partial charge in [0.2, 0.25) is 5.91 Å². The van der Waals surface area contributed by atoms with Crippen LogP contribution >= 0.6 is 0 Å². The number of rotatable bonds is 4. The third-order valence-corrected chi connectivity index (χ3v) is 5.12. The summed E-state index contributed by atoms with van der Waals surface area (Å²) in [5.74, 6) is -1.94. The van der Waals surface area contributed by atoms with E-state index in [1.165, 1.54) is 0 Å². The van der Waals surface area contributed by atoms with Gasteiger partial charge in [-0.2, -0.15) is 0 Å². The van der Waals surface area contributed by atoms with Gasteiger partial charge in [0.25, 0.3) is 0 Å². The molecule has 2 bridgehead atoms. The minimum Gasteiger partial charge on any atom is -0.480 e. The number of amides is 2. The molecule has 1 aliphatic heterocycles. The topological polar surface area (TPSA) is 105 Å². The molecule has 2 aromatic rings. The summed E-state index contributed by atoms with van der Waals surface area (Å²) < 4.78 is 5.35. The molecule has 0 fully saturated rings. The van der Waals surface area contributed by atoms with Crippen molar-refractivity contribution in [1.29, 1.82) is 0 Å². The minimum absolute atomic E-state index is 0.149. The lowest BCUT2D eigenvalue weighted by Crippen LogP contribution is -2.44. The first kappa shape index (κ1) is 22.1. The van der Waals surface area contributed by atoms with Crippen molar-refractivity contribution >= 4 is 18.0 Å². The maximum atomic E-state index is 12.4. The number of aliphatic carboxylic acids is 1. The smallest absolute Gasteiger partial charge is 0.407 e. The number of fused-ring (bicyclic) bond motifs is 2. The lowest BCUT2D eigenvalue weighted by molar-refractivity contribution is -0.142. The molecule has 3 atom stereocenters. The molecule has 1 heterocycles. The van der Waals surface area contributed by atoms with E-state index in [2.05, 4.69) is 10.6 Å². The number of carbonyl (C=O) groups is 3. The number of benzene rings is 2. The van der Waals surface area contributed by atoms with E-state index in [1.807, 2.05) is 54.6 Å². The second kappa shape index (κ2) is 10.4. The summed E-state index contributed by atoms with van der Waals surface area (Å²) in [7, 11) is 0. The molecular formula is C24H26N2O5. The maximum absolute atomic E-state index is 12.4. The van der Waals surface area contributed by atoms with Crippen LogP contribution in [-0.4, -0.2) is 29.1 Å². The number of carboxylic acids is 1. The van der Waals surface area contributed by atoms with Crippen LogP contribution in [0.2, 0.25) is 0 Å². The molecule has 31 heavy (non-hydrogen) atoms. The molecule has 2 aromatic carbocycles. The molecule has 7 heteroatoms. The number of nitrogens with one attached hydrogen (secondary N) is 2. The number of ether oxygens (including phenoxy) is 1. The highest BCUT2D eigenvalue weighted by Gasteiger charge is 2.24. The maximum Gasteiger partial charge on any atom is 0.407 e. The predicted octanol–water partition coefficient (Wildman–Crippen LogP) is 3.36. The van der Waals surface area contributed by atoms with Gasteiger partial charge >= 0.3 is 12.1 Å². The molecule has 162 valence electrons. The van der Waals surface area contributed by atoms with Crippen LogP contribution in [0.15, 0.2) is 66.7 Å². The van der Waals surface area contributed by atoms with Crippen LogP contribution in [0, 0.1) is 5.92 Å². The molecule has 3 rings (SSSR count). The lowest BCUT2D eigenvalue weighted by atomic mass is 9.96. The van der Waals surface area contributed by atoms with E-state index in [1.54, 1.807) is 19.1 Å². The Morgan fingerprint density at radius 1 is 1.16 bits per heavy atom. The van der Waals surface area contributed by atoms with Crippen LogP contribution in [0.5, 0.6) is 0 Å². The zero-order valence-electron chi connectivity index (χ0n) is 17.3. The van der Waals surface area contributed by atoms with Crippen LogP contribution in [0.3, 0.4) is 0 Å². The summed E-state index contributed by atoms with van der Waals surface area (Å²) in [6.07, 6.45) is 3.59. The Labute approximate surface area is 181 Å². The highest BCUT2D eigenvalue weighted by molar-refractivity contribution is 5.86. The van der Waals surface area contributed by atoms with Crippen molar-refractivity contribution in [3.63, 3.8) is 0 Å². The molecule has 2 unspecified atom stereocenters. The van der Waals surface area contributed by atoms with Gasteiger partial charge < -0.3 is 20.5 Å². The van der Waals surface area contributed by atoms with Gasteiger partial charge in [-0.3, -0.25) is 4.79 Å². The average molecular weight is 422 g/mol. The Bertz CT molecular complexity index is 957. The summed E-state index contributed by atoms with van der Waals surface area (Å²) >= 11 is 0. The Morgan fingerprint density at radius 2 is 1.94 bits per heavy atom. The van der Waals surface area contributed by atoms with Gasteiger partial charge in [-0.15, -0.1) is 0 Å². The first-order valence-corrected chi connectivity index (χ1v) is 10.2. The van der Waals surface area contributed by atoms with Crippen LogP contribution < -0.4 is 10.6 Å². The Balaban J connectivity index is 1.78. The van der Waals surface area contributed by atoms with Gasteiger partial charge in [0.1, 0.15) is 12.6 Å². The summed E-state index contributed by atoms with van der Waals surface area (Å²) in [4.78, 5) is 36.4. The zero-order chi connectivity index (χ0) is 22.2. The zero-order valence-corrected chi connectivity index (χ0v) is 17.3. The minimum atomic E-state index is -1.09. The van der Waals surface area contributed by atoms with Gasteiger partial charge in [0, 0.05) is 6.42 Å². The van der Waals surface area contributed by atoms with Gasteiger partial charge in [-0.1, -0.05) is 73.7 Å². The Hall–Kier alpha value is -3.61.